The molecular weight excluding hydrogens is 270 g/mol. The number of halogens is 2. The minimum Gasteiger partial charge on any atom is -0.392 e. The number of carbonyl (C=O) groups excluding carboxylic acids is 1. The van der Waals surface area contributed by atoms with Gasteiger partial charge in [0.05, 0.1) is 10.4 Å². The molecule has 0 bridgehead atoms. The Morgan fingerprint density at radius 3 is 2.53 bits per heavy atom. The maximum Gasteiger partial charge on any atom is 0.237 e. The first kappa shape index (κ1) is 13.9. The first-order chi connectivity index (χ1) is 8.85. The summed E-state index contributed by atoms with van der Waals surface area (Å²) in [6, 6.07) is 3.19. The number of carbonyl (C=O) groups is 1. The van der Waals surface area contributed by atoms with Gasteiger partial charge in [0, 0.05) is 11.8 Å². The fraction of sp³-hybridized carbons (Fsp3) is 0.385. The highest BCUT2D eigenvalue weighted by atomic mass is 32.1. The highest BCUT2D eigenvalue weighted by Gasteiger charge is 2.50. The van der Waals surface area contributed by atoms with Crippen molar-refractivity contribution in [2.24, 2.45) is 17.1 Å². The van der Waals surface area contributed by atoms with Gasteiger partial charge in [-0.3, -0.25) is 4.79 Å². The first-order valence-electron chi connectivity index (χ1n) is 5.91. The molecule has 0 saturated heterocycles. The average Bonchev–Trinajstić information content (AvgIpc) is 2.29. The van der Waals surface area contributed by atoms with E-state index in [4.69, 9.17) is 18.0 Å². The lowest BCUT2D eigenvalue weighted by atomic mass is 9.62. The fourth-order valence-electron chi connectivity index (χ4n) is 2.45. The van der Waals surface area contributed by atoms with Gasteiger partial charge in [0.15, 0.2) is 11.6 Å². The van der Waals surface area contributed by atoms with Gasteiger partial charge < -0.3 is 11.1 Å². The zero-order valence-corrected chi connectivity index (χ0v) is 11.2. The van der Waals surface area contributed by atoms with Crippen LogP contribution in [-0.2, 0) is 4.79 Å². The number of nitrogens with two attached hydrogens (primary N) is 1. The van der Waals surface area contributed by atoms with E-state index in [1.54, 1.807) is 0 Å². The van der Waals surface area contributed by atoms with Crippen molar-refractivity contribution < 1.29 is 13.6 Å². The number of anilines is 1. The highest BCUT2D eigenvalue weighted by molar-refractivity contribution is 7.80. The topological polar surface area (TPSA) is 55.1 Å². The van der Waals surface area contributed by atoms with Crippen molar-refractivity contribution in [3.63, 3.8) is 0 Å². The molecule has 0 spiro atoms. The van der Waals surface area contributed by atoms with Gasteiger partial charge in [-0.05, 0) is 30.9 Å². The molecule has 3 N–H and O–H groups in total. The summed E-state index contributed by atoms with van der Waals surface area (Å²) in [4.78, 5) is 12.3. The van der Waals surface area contributed by atoms with Gasteiger partial charge in [-0.15, -0.1) is 0 Å². The number of nitrogens with one attached hydrogen (secondary N) is 1. The van der Waals surface area contributed by atoms with Gasteiger partial charge in [0.1, 0.15) is 0 Å². The molecule has 1 aromatic rings. The summed E-state index contributed by atoms with van der Waals surface area (Å²) in [6.07, 6.45) is 1.16. The van der Waals surface area contributed by atoms with Crippen LogP contribution in [0.15, 0.2) is 18.2 Å². The SMILES string of the molecule is CC1CC(C(=O)Nc2ccc(F)c(F)c2)(C(N)=S)C1. The molecule has 1 amide bonds. The van der Waals surface area contributed by atoms with Crippen LogP contribution >= 0.6 is 12.2 Å². The second-order valence-electron chi connectivity index (χ2n) is 5.04. The molecule has 1 aliphatic carbocycles. The van der Waals surface area contributed by atoms with Gasteiger partial charge in [0.2, 0.25) is 5.91 Å². The Balaban J connectivity index is 2.16. The molecule has 19 heavy (non-hydrogen) atoms. The summed E-state index contributed by atoms with van der Waals surface area (Å²) in [5.41, 5.74) is 4.97. The number of amides is 1. The summed E-state index contributed by atoms with van der Waals surface area (Å²) < 4.78 is 25.9. The third-order valence-electron chi connectivity index (χ3n) is 3.48. The molecule has 0 aliphatic heterocycles. The lowest BCUT2D eigenvalue weighted by Crippen LogP contribution is -2.53. The second-order valence-corrected chi connectivity index (χ2v) is 5.48. The van der Waals surface area contributed by atoms with Crippen molar-refractivity contribution in [3.05, 3.63) is 29.8 Å². The minimum absolute atomic E-state index is 0.144. The van der Waals surface area contributed by atoms with Crippen molar-refractivity contribution in [1.29, 1.82) is 0 Å². The number of thiocarbonyl (C=S) groups is 1. The molecule has 0 atom stereocenters. The van der Waals surface area contributed by atoms with Crippen molar-refractivity contribution in [3.8, 4) is 0 Å². The molecule has 0 unspecified atom stereocenters. The predicted octanol–water partition coefficient (Wildman–Crippen LogP) is 2.61. The predicted molar refractivity (Wildman–Crippen MR) is 72.6 cm³/mol. The lowest BCUT2D eigenvalue weighted by Gasteiger charge is -2.44. The van der Waals surface area contributed by atoms with Crippen molar-refractivity contribution in [1.82, 2.24) is 0 Å². The van der Waals surface area contributed by atoms with E-state index >= 15 is 0 Å². The average molecular weight is 284 g/mol. The normalized spacial score (nSPS) is 25.5. The molecular formula is C13H14F2N2OS. The van der Waals surface area contributed by atoms with Crippen molar-refractivity contribution in [2.45, 2.75) is 19.8 Å². The number of hydrogen-bond acceptors (Lipinski definition) is 2. The van der Waals surface area contributed by atoms with E-state index < -0.39 is 17.0 Å². The molecule has 3 nitrogen and oxygen atoms in total. The number of benzene rings is 1. The third-order valence-corrected chi connectivity index (χ3v) is 3.87. The van der Waals surface area contributed by atoms with E-state index in [1.807, 2.05) is 6.92 Å². The van der Waals surface area contributed by atoms with E-state index in [2.05, 4.69) is 5.32 Å². The summed E-state index contributed by atoms with van der Waals surface area (Å²) in [5, 5.41) is 2.54. The zero-order chi connectivity index (χ0) is 14.2. The second kappa shape index (κ2) is 4.85. The van der Waals surface area contributed by atoms with Gasteiger partial charge in [-0.1, -0.05) is 19.1 Å². The van der Waals surface area contributed by atoms with E-state index in [0.29, 0.717) is 18.8 Å². The largest absolute Gasteiger partial charge is 0.392 e. The fourth-order valence-corrected chi connectivity index (χ4v) is 2.71. The quantitative estimate of drug-likeness (QED) is 0.839. The monoisotopic (exact) mass is 284 g/mol. The molecule has 2 rings (SSSR count). The van der Waals surface area contributed by atoms with Gasteiger partial charge >= 0.3 is 0 Å². The first-order valence-corrected chi connectivity index (χ1v) is 6.32. The molecule has 0 radical (unpaired) electrons. The van der Waals surface area contributed by atoms with Gasteiger partial charge in [0.25, 0.3) is 0 Å². The van der Waals surface area contributed by atoms with Crippen LogP contribution in [0.5, 0.6) is 0 Å². The van der Waals surface area contributed by atoms with Gasteiger partial charge in [-0.2, -0.15) is 0 Å². The summed E-state index contributed by atoms with van der Waals surface area (Å²) >= 11 is 4.96. The van der Waals surface area contributed by atoms with Crippen LogP contribution < -0.4 is 11.1 Å². The summed E-state index contributed by atoms with van der Waals surface area (Å²) in [6.45, 7) is 2.00. The van der Waals surface area contributed by atoms with E-state index in [-0.39, 0.29) is 16.6 Å². The van der Waals surface area contributed by atoms with E-state index in [1.165, 1.54) is 6.07 Å². The van der Waals surface area contributed by atoms with Crippen molar-refractivity contribution in [2.75, 3.05) is 5.32 Å². The van der Waals surface area contributed by atoms with Crippen LogP contribution in [0.2, 0.25) is 0 Å². The van der Waals surface area contributed by atoms with Crippen LogP contribution in [0.1, 0.15) is 19.8 Å². The molecule has 1 saturated carbocycles. The van der Waals surface area contributed by atoms with Gasteiger partial charge in [-0.25, -0.2) is 8.78 Å². The molecule has 1 aliphatic rings. The Kier molecular flexibility index (Phi) is 3.54. The van der Waals surface area contributed by atoms with E-state index in [9.17, 15) is 13.6 Å². The molecule has 0 aromatic heterocycles. The molecule has 102 valence electrons. The molecule has 0 heterocycles. The highest BCUT2D eigenvalue weighted by Crippen LogP contribution is 2.46. The Morgan fingerprint density at radius 2 is 2.05 bits per heavy atom. The Bertz CT molecular complexity index is 541. The Hall–Kier alpha value is -1.56. The van der Waals surface area contributed by atoms with Crippen LogP contribution in [0.3, 0.4) is 0 Å². The lowest BCUT2D eigenvalue weighted by molar-refractivity contribution is -0.127. The summed E-state index contributed by atoms with van der Waals surface area (Å²) in [7, 11) is 0. The maximum atomic E-state index is 13.1. The van der Waals surface area contributed by atoms with Crippen molar-refractivity contribution >= 4 is 28.8 Å². The molecule has 1 aromatic carbocycles. The minimum atomic E-state index is -1.01. The van der Waals surface area contributed by atoms with Crippen LogP contribution in [0.25, 0.3) is 0 Å². The summed E-state index contributed by atoms with van der Waals surface area (Å²) in [5.74, 6) is -1.95. The molecule has 6 heteroatoms. The Labute approximate surface area is 115 Å². The molecule has 1 fully saturated rings. The third kappa shape index (κ3) is 2.45. The van der Waals surface area contributed by atoms with Crippen LogP contribution in [0, 0.1) is 23.0 Å². The number of rotatable bonds is 3. The maximum absolute atomic E-state index is 13.1. The smallest absolute Gasteiger partial charge is 0.237 e. The number of hydrogen-bond donors (Lipinski definition) is 2. The standard InChI is InChI=1S/C13H14F2N2OS/c1-7-5-13(6-7,11(16)19)12(18)17-8-2-3-9(14)10(15)4-8/h2-4,7H,5-6H2,1H3,(H2,16,19)(H,17,18). The van der Waals surface area contributed by atoms with E-state index in [0.717, 1.165) is 12.1 Å². The van der Waals surface area contributed by atoms with Crippen LogP contribution in [-0.4, -0.2) is 10.9 Å². The Morgan fingerprint density at radius 1 is 1.42 bits per heavy atom. The van der Waals surface area contributed by atoms with Crippen LogP contribution in [0.4, 0.5) is 14.5 Å². The zero-order valence-electron chi connectivity index (χ0n) is 10.4.